The Morgan fingerprint density at radius 1 is 1.10 bits per heavy atom. The molecule has 2 heterocycles. The topological polar surface area (TPSA) is 46.2 Å². The summed E-state index contributed by atoms with van der Waals surface area (Å²) in [4.78, 5) is 25.8. The van der Waals surface area contributed by atoms with Crippen molar-refractivity contribution >= 4 is 34.4 Å². The van der Waals surface area contributed by atoms with Crippen LogP contribution in [0.1, 0.15) is 47.3 Å². The third-order valence-electron chi connectivity index (χ3n) is 3.21. The first-order valence-electron chi connectivity index (χ1n) is 6.97. The van der Waals surface area contributed by atoms with Gasteiger partial charge in [0, 0.05) is 17.7 Å². The molecule has 0 bridgehead atoms. The zero-order chi connectivity index (χ0) is 15.2. The molecule has 2 aromatic rings. The average molecular weight is 321 g/mol. The number of hydrogen-bond donors (Lipinski definition) is 1. The molecule has 1 unspecified atom stereocenters. The minimum atomic E-state index is -0.0630. The molecule has 1 N–H and O–H groups in total. The summed E-state index contributed by atoms with van der Waals surface area (Å²) < 4.78 is 0. The van der Waals surface area contributed by atoms with E-state index in [4.69, 9.17) is 0 Å². The van der Waals surface area contributed by atoms with Crippen molar-refractivity contribution in [3.05, 3.63) is 44.8 Å². The van der Waals surface area contributed by atoms with E-state index in [1.165, 1.54) is 11.3 Å². The highest BCUT2D eigenvalue weighted by atomic mass is 32.1. The van der Waals surface area contributed by atoms with E-state index < -0.39 is 0 Å². The lowest BCUT2D eigenvalue weighted by Gasteiger charge is -2.21. The number of amides is 1. The van der Waals surface area contributed by atoms with Crippen molar-refractivity contribution in [1.82, 2.24) is 5.32 Å². The normalized spacial score (nSPS) is 12.3. The maximum absolute atomic E-state index is 12.1. The lowest BCUT2D eigenvalue weighted by Crippen LogP contribution is -2.31. The maximum atomic E-state index is 12.1. The Morgan fingerprint density at radius 3 is 2.38 bits per heavy atom. The van der Waals surface area contributed by atoms with Crippen LogP contribution in [0.4, 0.5) is 0 Å². The minimum absolute atomic E-state index is 0.0225. The van der Waals surface area contributed by atoms with Crippen LogP contribution in [0.5, 0.6) is 0 Å². The van der Waals surface area contributed by atoms with Gasteiger partial charge in [-0.15, -0.1) is 22.7 Å². The summed E-state index contributed by atoms with van der Waals surface area (Å²) in [5.41, 5.74) is 0. The van der Waals surface area contributed by atoms with Crippen molar-refractivity contribution in [1.29, 1.82) is 0 Å². The number of carbonyl (C=O) groups is 2. The number of Topliss-reactive ketones (excluding diaryl/α,β-unsaturated/α-hetero) is 1. The van der Waals surface area contributed by atoms with Gasteiger partial charge in [-0.25, -0.2) is 0 Å². The highest BCUT2D eigenvalue weighted by molar-refractivity contribution is 7.12. The Hall–Kier alpha value is -1.46. The Balaban J connectivity index is 1.87. The molecule has 0 saturated heterocycles. The zero-order valence-corrected chi connectivity index (χ0v) is 13.8. The minimum Gasteiger partial charge on any atom is -0.348 e. The molecule has 0 saturated carbocycles. The Kier molecular flexibility index (Phi) is 5.70. The van der Waals surface area contributed by atoms with Crippen molar-refractivity contribution in [2.24, 2.45) is 5.92 Å². The van der Waals surface area contributed by atoms with E-state index in [1.54, 1.807) is 17.4 Å². The number of rotatable bonds is 7. The molecule has 0 spiro atoms. The lowest BCUT2D eigenvalue weighted by molar-refractivity contribution is -0.122. The van der Waals surface area contributed by atoms with Crippen molar-refractivity contribution in [3.8, 4) is 0 Å². The quantitative estimate of drug-likeness (QED) is 0.773. The van der Waals surface area contributed by atoms with Crippen LogP contribution in [0.25, 0.3) is 0 Å². The van der Waals surface area contributed by atoms with E-state index in [2.05, 4.69) is 19.2 Å². The summed E-state index contributed by atoms with van der Waals surface area (Å²) in [6, 6.07) is 7.69. The average Bonchev–Trinajstić information content (AvgIpc) is 3.13. The summed E-state index contributed by atoms with van der Waals surface area (Å²) in [7, 11) is 0. The number of hydrogen-bond acceptors (Lipinski definition) is 4. The SMILES string of the molecule is CC(C)C(NC(=O)CCC(=O)c1cccs1)c1cccs1. The largest absolute Gasteiger partial charge is 0.348 e. The van der Waals surface area contributed by atoms with E-state index in [0.29, 0.717) is 5.92 Å². The van der Waals surface area contributed by atoms with Crippen molar-refractivity contribution in [3.63, 3.8) is 0 Å². The second-order valence-corrected chi connectivity index (χ2v) is 7.13. The van der Waals surface area contributed by atoms with Crippen LogP contribution in [0, 0.1) is 5.92 Å². The number of thiophene rings is 2. The third-order valence-corrected chi connectivity index (χ3v) is 5.07. The van der Waals surface area contributed by atoms with Crippen LogP contribution in [-0.2, 0) is 4.79 Å². The summed E-state index contributed by atoms with van der Waals surface area (Å²) >= 11 is 3.06. The second kappa shape index (κ2) is 7.52. The molecule has 2 rings (SSSR count). The fourth-order valence-electron chi connectivity index (χ4n) is 2.07. The highest BCUT2D eigenvalue weighted by Gasteiger charge is 2.19. The highest BCUT2D eigenvalue weighted by Crippen LogP contribution is 2.25. The van der Waals surface area contributed by atoms with Gasteiger partial charge in [-0.3, -0.25) is 9.59 Å². The molecule has 0 aliphatic rings. The maximum Gasteiger partial charge on any atom is 0.220 e. The first-order valence-corrected chi connectivity index (χ1v) is 8.73. The van der Waals surface area contributed by atoms with Crippen LogP contribution >= 0.6 is 22.7 Å². The Bertz CT molecular complexity index is 573. The lowest BCUT2D eigenvalue weighted by atomic mass is 10.0. The molecule has 21 heavy (non-hydrogen) atoms. The fraction of sp³-hybridized carbons (Fsp3) is 0.375. The van der Waals surface area contributed by atoms with Crippen LogP contribution in [0.2, 0.25) is 0 Å². The zero-order valence-electron chi connectivity index (χ0n) is 12.2. The summed E-state index contributed by atoms with van der Waals surface area (Å²) in [5, 5.41) is 6.93. The van der Waals surface area contributed by atoms with Crippen LogP contribution in [-0.4, -0.2) is 11.7 Å². The van der Waals surface area contributed by atoms with Gasteiger partial charge in [-0.1, -0.05) is 26.0 Å². The molecule has 3 nitrogen and oxygen atoms in total. The van der Waals surface area contributed by atoms with Gasteiger partial charge in [-0.2, -0.15) is 0 Å². The van der Waals surface area contributed by atoms with E-state index in [9.17, 15) is 9.59 Å². The fourth-order valence-corrected chi connectivity index (χ4v) is 3.71. The van der Waals surface area contributed by atoms with E-state index in [0.717, 1.165) is 9.75 Å². The summed E-state index contributed by atoms with van der Waals surface area (Å²) in [6.07, 6.45) is 0.507. The van der Waals surface area contributed by atoms with E-state index in [-0.39, 0.29) is 30.6 Å². The Morgan fingerprint density at radius 2 is 1.81 bits per heavy atom. The molecule has 0 radical (unpaired) electrons. The Labute approximate surface area is 133 Å². The van der Waals surface area contributed by atoms with Crippen molar-refractivity contribution < 1.29 is 9.59 Å². The summed E-state index contributed by atoms with van der Waals surface area (Å²) in [6.45, 7) is 4.17. The second-order valence-electron chi connectivity index (χ2n) is 5.21. The van der Waals surface area contributed by atoms with Gasteiger partial charge >= 0.3 is 0 Å². The molecule has 0 aliphatic carbocycles. The van der Waals surface area contributed by atoms with Crippen molar-refractivity contribution in [2.45, 2.75) is 32.7 Å². The van der Waals surface area contributed by atoms with E-state index >= 15 is 0 Å². The third kappa shape index (κ3) is 4.51. The monoisotopic (exact) mass is 321 g/mol. The molecule has 1 atom stereocenters. The number of ketones is 1. The van der Waals surface area contributed by atoms with Gasteiger partial charge in [0.15, 0.2) is 5.78 Å². The molecule has 0 aliphatic heterocycles. The van der Waals surface area contributed by atoms with Crippen molar-refractivity contribution in [2.75, 3.05) is 0 Å². The molecule has 5 heteroatoms. The van der Waals surface area contributed by atoms with Crippen LogP contribution in [0.3, 0.4) is 0 Å². The molecule has 0 fully saturated rings. The van der Waals surface area contributed by atoms with Gasteiger partial charge in [0.1, 0.15) is 0 Å². The van der Waals surface area contributed by atoms with Gasteiger partial charge in [0.25, 0.3) is 0 Å². The van der Waals surface area contributed by atoms with E-state index in [1.807, 2.05) is 29.0 Å². The predicted molar refractivity (Wildman–Crippen MR) is 87.9 cm³/mol. The molecule has 2 aromatic heterocycles. The van der Waals surface area contributed by atoms with Crippen LogP contribution in [0.15, 0.2) is 35.0 Å². The number of carbonyl (C=O) groups excluding carboxylic acids is 2. The molecule has 1 amide bonds. The van der Waals surface area contributed by atoms with Crippen LogP contribution < -0.4 is 5.32 Å². The van der Waals surface area contributed by atoms with Gasteiger partial charge in [0.2, 0.25) is 5.91 Å². The number of nitrogens with one attached hydrogen (secondary N) is 1. The van der Waals surface area contributed by atoms with Gasteiger partial charge < -0.3 is 5.32 Å². The van der Waals surface area contributed by atoms with Gasteiger partial charge in [-0.05, 0) is 28.8 Å². The first kappa shape index (κ1) is 15.9. The molecule has 0 aromatic carbocycles. The standard InChI is InChI=1S/C16H19NO2S2/c1-11(2)16(14-6-4-10-21-14)17-15(19)8-7-12(18)13-5-3-9-20-13/h3-6,9-11,16H,7-8H2,1-2H3,(H,17,19). The first-order chi connectivity index (χ1) is 10.1. The molecule has 112 valence electrons. The summed E-state index contributed by atoms with van der Waals surface area (Å²) in [5.74, 6) is 0.296. The van der Waals surface area contributed by atoms with Gasteiger partial charge in [0.05, 0.1) is 10.9 Å². The predicted octanol–water partition coefficient (Wildman–Crippen LogP) is 4.29. The molecular weight excluding hydrogens is 302 g/mol. The molecular formula is C16H19NO2S2. The smallest absolute Gasteiger partial charge is 0.220 e.